The fraction of sp³-hybridized carbons (Fsp3) is 0.611. The molecule has 1 atom stereocenters. The van der Waals surface area contributed by atoms with Crippen molar-refractivity contribution in [2.75, 3.05) is 33.9 Å². The number of ether oxygens (including phenoxy) is 2. The molecule has 0 saturated carbocycles. The van der Waals surface area contributed by atoms with E-state index in [1.807, 2.05) is 6.92 Å². The van der Waals surface area contributed by atoms with Gasteiger partial charge in [0, 0.05) is 26.2 Å². The van der Waals surface area contributed by atoms with E-state index in [0.29, 0.717) is 25.4 Å². The van der Waals surface area contributed by atoms with Gasteiger partial charge in [0.15, 0.2) is 0 Å². The van der Waals surface area contributed by atoms with E-state index in [4.69, 9.17) is 9.47 Å². The van der Waals surface area contributed by atoms with Crippen molar-refractivity contribution in [1.82, 2.24) is 9.62 Å². The van der Waals surface area contributed by atoms with Crippen LogP contribution in [0.4, 0.5) is 0 Å². The Morgan fingerprint density at radius 2 is 1.85 bits per heavy atom. The van der Waals surface area contributed by atoms with Crippen molar-refractivity contribution >= 4 is 15.9 Å². The molecule has 1 aromatic rings. The van der Waals surface area contributed by atoms with Gasteiger partial charge in [0.25, 0.3) is 5.91 Å². The molecule has 146 valence electrons. The third-order valence-corrected chi connectivity index (χ3v) is 6.31. The molecule has 1 heterocycles. The number of carbonyl (C=O) groups excluding carboxylic acids is 1. The normalized spacial score (nSPS) is 17.3. The van der Waals surface area contributed by atoms with Gasteiger partial charge in [0.05, 0.1) is 24.2 Å². The van der Waals surface area contributed by atoms with Gasteiger partial charge >= 0.3 is 0 Å². The van der Waals surface area contributed by atoms with Gasteiger partial charge in [-0.1, -0.05) is 12.8 Å². The molecule has 0 spiro atoms. The average molecular weight is 384 g/mol. The van der Waals surface area contributed by atoms with E-state index in [-0.39, 0.29) is 22.4 Å². The summed E-state index contributed by atoms with van der Waals surface area (Å²) in [5, 5.41) is 2.79. The Labute approximate surface area is 155 Å². The van der Waals surface area contributed by atoms with Crippen molar-refractivity contribution in [1.29, 1.82) is 0 Å². The minimum absolute atomic E-state index is 0.116. The highest BCUT2D eigenvalue weighted by atomic mass is 32.2. The zero-order valence-electron chi connectivity index (χ0n) is 15.7. The second kappa shape index (κ2) is 9.34. The number of hydrogen-bond acceptors (Lipinski definition) is 5. The molecule has 1 N–H and O–H groups in total. The molecule has 1 aromatic carbocycles. The summed E-state index contributed by atoms with van der Waals surface area (Å²) in [6.45, 7) is 3.20. The van der Waals surface area contributed by atoms with Crippen molar-refractivity contribution in [3.05, 3.63) is 23.8 Å². The third kappa shape index (κ3) is 4.96. The molecule has 1 saturated heterocycles. The Bertz CT molecular complexity index is 712. The molecule has 0 unspecified atom stereocenters. The predicted octanol–water partition coefficient (Wildman–Crippen LogP) is 2.02. The lowest BCUT2D eigenvalue weighted by molar-refractivity contribution is 0.0902. The fourth-order valence-corrected chi connectivity index (χ4v) is 4.59. The van der Waals surface area contributed by atoms with Gasteiger partial charge in [-0.15, -0.1) is 0 Å². The summed E-state index contributed by atoms with van der Waals surface area (Å²) < 4.78 is 37.7. The molecule has 7 nitrogen and oxygen atoms in total. The second-order valence-corrected chi connectivity index (χ2v) is 8.45. The molecule has 1 aliphatic rings. The van der Waals surface area contributed by atoms with Crippen molar-refractivity contribution in [3.8, 4) is 5.75 Å². The van der Waals surface area contributed by atoms with Gasteiger partial charge < -0.3 is 14.8 Å². The lowest BCUT2D eigenvalue weighted by atomic mass is 10.1. The van der Waals surface area contributed by atoms with Gasteiger partial charge in [-0.25, -0.2) is 8.42 Å². The third-order valence-electron chi connectivity index (χ3n) is 4.41. The van der Waals surface area contributed by atoms with Crippen LogP contribution in [0.5, 0.6) is 5.75 Å². The van der Waals surface area contributed by atoms with E-state index >= 15 is 0 Å². The molecule has 0 radical (unpaired) electrons. The maximum atomic E-state index is 13.0. The average Bonchev–Trinajstić information content (AvgIpc) is 2.91. The summed E-state index contributed by atoms with van der Waals surface area (Å²) in [5.41, 5.74) is 0.200. The Balaban J connectivity index is 2.31. The summed E-state index contributed by atoms with van der Waals surface area (Å²) in [5.74, 6) is -0.0544. The van der Waals surface area contributed by atoms with Crippen LogP contribution in [-0.4, -0.2) is 58.6 Å². The Kier molecular flexibility index (Phi) is 7.43. The van der Waals surface area contributed by atoms with Gasteiger partial charge in [-0.05, 0) is 38.0 Å². The summed E-state index contributed by atoms with van der Waals surface area (Å²) in [6, 6.07) is 4.21. The molecule has 1 fully saturated rings. The van der Waals surface area contributed by atoms with Crippen LogP contribution < -0.4 is 10.1 Å². The number of nitrogens with zero attached hydrogens (tertiary/aromatic N) is 1. The van der Waals surface area contributed by atoms with Crippen LogP contribution in [0.2, 0.25) is 0 Å². The number of sulfonamides is 1. The van der Waals surface area contributed by atoms with Gasteiger partial charge in [0.1, 0.15) is 5.75 Å². The molecule has 26 heavy (non-hydrogen) atoms. The van der Waals surface area contributed by atoms with Crippen molar-refractivity contribution in [3.63, 3.8) is 0 Å². The second-order valence-electron chi connectivity index (χ2n) is 6.51. The number of benzene rings is 1. The number of nitrogens with one attached hydrogen (secondary N) is 1. The number of amides is 1. The zero-order valence-corrected chi connectivity index (χ0v) is 16.5. The minimum atomic E-state index is -3.63. The lowest BCUT2D eigenvalue weighted by Gasteiger charge is -2.21. The minimum Gasteiger partial charge on any atom is -0.496 e. The maximum absolute atomic E-state index is 13.0. The van der Waals surface area contributed by atoms with Crippen LogP contribution in [-0.2, 0) is 14.8 Å². The quantitative estimate of drug-likeness (QED) is 0.777. The Morgan fingerprint density at radius 3 is 2.42 bits per heavy atom. The van der Waals surface area contributed by atoms with Gasteiger partial charge in [0.2, 0.25) is 10.0 Å². The summed E-state index contributed by atoms with van der Waals surface area (Å²) in [6.07, 6.45) is 3.80. The first-order chi connectivity index (χ1) is 12.4. The first kappa shape index (κ1) is 20.7. The standard InChI is InChI=1S/C18H28N2O5S/c1-14(13-24-2)19-18(21)16-12-15(8-9-17(16)25-3)26(22,23)20-10-6-4-5-7-11-20/h8-9,12,14H,4-7,10-11,13H2,1-3H3,(H,19,21)/t14-/m1/s1. The highest BCUT2D eigenvalue weighted by molar-refractivity contribution is 7.89. The highest BCUT2D eigenvalue weighted by Crippen LogP contribution is 2.26. The van der Waals surface area contributed by atoms with E-state index in [9.17, 15) is 13.2 Å². The van der Waals surface area contributed by atoms with Crippen LogP contribution in [0.1, 0.15) is 43.0 Å². The molecular formula is C18H28N2O5S. The van der Waals surface area contributed by atoms with Crippen molar-refractivity contribution in [2.45, 2.75) is 43.5 Å². The molecule has 2 rings (SSSR count). The van der Waals surface area contributed by atoms with E-state index in [0.717, 1.165) is 25.7 Å². The molecule has 0 bridgehead atoms. The van der Waals surface area contributed by atoms with Crippen LogP contribution in [0.3, 0.4) is 0 Å². The summed E-state index contributed by atoms with van der Waals surface area (Å²) >= 11 is 0. The first-order valence-electron chi connectivity index (χ1n) is 8.88. The van der Waals surface area contributed by atoms with Crippen molar-refractivity contribution in [2.24, 2.45) is 0 Å². The monoisotopic (exact) mass is 384 g/mol. The van der Waals surface area contributed by atoms with Crippen LogP contribution in [0.25, 0.3) is 0 Å². The van der Waals surface area contributed by atoms with E-state index < -0.39 is 10.0 Å². The molecule has 0 aromatic heterocycles. The van der Waals surface area contributed by atoms with Crippen LogP contribution in [0.15, 0.2) is 23.1 Å². The lowest BCUT2D eigenvalue weighted by Crippen LogP contribution is -2.36. The van der Waals surface area contributed by atoms with E-state index in [2.05, 4.69) is 5.32 Å². The molecule has 0 aliphatic carbocycles. The Hall–Kier alpha value is -1.64. The number of rotatable bonds is 7. The smallest absolute Gasteiger partial charge is 0.255 e. The number of hydrogen-bond donors (Lipinski definition) is 1. The van der Waals surface area contributed by atoms with E-state index in [1.165, 1.54) is 29.6 Å². The SMILES string of the molecule is COC[C@@H](C)NC(=O)c1cc(S(=O)(=O)N2CCCCCC2)ccc1OC. The summed E-state index contributed by atoms with van der Waals surface area (Å²) in [7, 11) is -0.627. The fourth-order valence-electron chi connectivity index (χ4n) is 3.05. The Morgan fingerprint density at radius 1 is 1.19 bits per heavy atom. The van der Waals surface area contributed by atoms with Gasteiger partial charge in [-0.3, -0.25) is 4.79 Å². The van der Waals surface area contributed by atoms with Crippen molar-refractivity contribution < 1.29 is 22.7 Å². The molecule has 8 heteroatoms. The maximum Gasteiger partial charge on any atom is 0.255 e. The molecule has 1 aliphatic heterocycles. The molecule has 1 amide bonds. The summed E-state index contributed by atoms with van der Waals surface area (Å²) in [4.78, 5) is 12.7. The largest absolute Gasteiger partial charge is 0.496 e. The topological polar surface area (TPSA) is 84.9 Å². The number of methoxy groups -OCH3 is 2. The van der Waals surface area contributed by atoms with Crippen LogP contribution >= 0.6 is 0 Å². The predicted molar refractivity (Wildman–Crippen MR) is 99.0 cm³/mol. The van der Waals surface area contributed by atoms with Gasteiger partial charge in [-0.2, -0.15) is 4.31 Å². The first-order valence-corrected chi connectivity index (χ1v) is 10.3. The van der Waals surface area contributed by atoms with Crippen LogP contribution in [0, 0.1) is 0 Å². The van der Waals surface area contributed by atoms with E-state index in [1.54, 1.807) is 7.11 Å². The molecular weight excluding hydrogens is 356 g/mol. The number of carbonyl (C=O) groups is 1. The highest BCUT2D eigenvalue weighted by Gasteiger charge is 2.27. The zero-order chi connectivity index (χ0) is 19.2.